The van der Waals surface area contributed by atoms with E-state index in [2.05, 4.69) is 181 Å². The molecule has 0 atom stereocenters. The molecule has 0 bridgehead atoms. The number of para-hydroxylation sites is 2. The van der Waals surface area contributed by atoms with Gasteiger partial charge in [0.15, 0.2) is 0 Å². The van der Waals surface area contributed by atoms with Gasteiger partial charge in [-0.25, -0.2) is 4.39 Å². The van der Waals surface area contributed by atoms with Gasteiger partial charge in [-0.15, -0.1) is 0 Å². The quantitative estimate of drug-likeness (QED) is 0.153. The van der Waals surface area contributed by atoms with E-state index in [1.807, 2.05) is 42.5 Å². The number of halogens is 1. The zero-order valence-electron chi connectivity index (χ0n) is 33.2. The van der Waals surface area contributed by atoms with Crippen LogP contribution in [0.5, 0.6) is 0 Å². The minimum atomic E-state index is -0.246. The van der Waals surface area contributed by atoms with Crippen molar-refractivity contribution in [1.82, 2.24) is 0 Å². The molecule has 11 rings (SSSR count). The fourth-order valence-electron chi connectivity index (χ4n) is 8.97. The molecule has 1 heterocycles. The highest BCUT2D eigenvalue weighted by atomic mass is 19.1. The second-order valence-electron chi connectivity index (χ2n) is 15.3. The Bertz CT molecular complexity index is 3360. The maximum atomic E-state index is 15.6. The molecule has 0 amide bonds. The Morgan fingerprint density at radius 1 is 0.328 bits per heavy atom. The average Bonchev–Trinajstić information content (AvgIpc) is 3.72. The van der Waals surface area contributed by atoms with Crippen LogP contribution in [0.15, 0.2) is 235 Å². The van der Waals surface area contributed by atoms with Crippen molar-refractivity contribution in [3.05, 3.63) is 236 Å². The summed E-state index contributed by atoms with van der Waals surface area (Å²) in [6, 6.07) is 79.5. The predicted molar refractivity (Wildman–Crippen MR) is 253 cm³/mol. The summed E-state index contributed by atoms with van der Waals surface area (Å²) >= 11 is 0. The summed E-state index contributed by atoms with van der Waals surface area (Å²) in [4.78, 5) is 2.35. The molecule has 0 fully saturated rings. The van der Waals surface area contributed by atoms with Crippen molar-refractivity contribution in [2.24, 2.45) is 0 Å². The molecule has 2 nitrogen and oxygen atoms in total. The first-order chi connectivity index (χ1) is 30.2. The lowest BCUT2D eigenvalue weighted by Crippen LogP contribution is -2.11. The first-order valence-electron chi connectivity index (χ1n) is 20.6. The monoisotopic (exact) mass is 783 g/mol. The summed E-state index contributed by atoms with van der Waals surface area (Å²) in [6.45, 7) is 0. The molecule has 0 saturated carbocycles. The highest BCUT2D eigenvalue weighted by Gasteiger charge is 2.23. The number of furan rings is 1. The van der Waals surface area contributed by atoms with Crippen LogP contribution in [0, 0.1) is 5.82 Å². The molecule has 11 aromatic rings. The van der Waals surface area contributed by atoms with Crippen molar-refractivity contribution in [1.29, 1.82) is 0 Å². The Morgan fingerprint density at radius 2 is 0.885 bits per heavy atom. The Balaban J connectivity index is 1.11. The predicted octanol–water partition coefficient (Wildman–Crippen LogP) is 16.7. The van der Waals surface area contributed by atoms with Crippen LogP contribution < -0.4 is 4.90 Å². The standard InChI is InChI=1S/C58H38FNO/c59-52-27-10-7-22-46(52)48-25-13-20-42-21-14-26-49(57(42)48)47-23-8-11-28-53(47)60(54-29-15-31-56-58(54)50-24-9-12-30-55(50)61-56)44-35-32-39(33-36-44)43-34-37-45(40-16-3-1-4-17-40)51(38-43)41-18-5-2-6-19-41/h1-38H. The van der Waals surface area contributed by atoms with Gasteiger partial charge >= 0.3 is 0 Å². The van der Waals surface area contributed by atoms with Crippen LogP contribution in [-0.2, 0) is 0 Å². The molecule has 0 aliphatic carbocycles. The smallest absolute Gasteiger partial charge is 0.137 e. The van der Waals surface area contributed by atoms with Gasteiger partial charge in [0, 0.05) is 22.2 Å². The van der Waals surface area contributed by atoms with E-state index in [4.69, 9.17) is 4.42 Å². The molecule has 3 heteroatoms. The van der Waals surface area contributed by atoms with E-state index in [0.717, 1.165) is 77.6 Å². The highest BCUT2D eigenvalue weighted by Crippen LogP contribution is 2.48. The van der Waals surface area contributed by atoms with E-state index in [9.17, 15) is 0 Å². The maximum absolute atomic E-state index is 15.6. The number of nitrogens with zero attached hydrogens (tertiary/aromatic N) is 1. The van der Waals surface area contributed by atoms with Crippen LogP contribution >= 0.6 is 0 Å². The van der Waals surface area contributed by atoms with Crippen molar-refractivity contribution >= 4 is 49.8 Å². The summed E-state index contributed by atoms with van der Waals surface area (Å²) in [6.07, 6.45) is 0. The van der Waals surface area contributed by atoms with Gasteiger partial charge in [-0.2, -0.15) is 0 Å². The second-order valence-corrected chi connectivity index (χ2v) is 15.3. The molecule has 0 aliphatic rings. The first-order valence-corrected chi connectivity index (χ1v) is 20.6. The van der Waals surface area contributed by atoms with Gasteiger partial charge in [0.05, 0.1) is 16.8 Å². The van der Waals surface area contributed by atoms with Gasteiger partial charge in [-0.05, 0) is 104 Å². The third-order valence-electron chi connectivity index (χ3n) is 11.8. The van der Waals surface area contributed by atoms with Gasteiger partial charge in [-0.1, -0.05) is 182 Å². The van der Waals surface area contributed by atoms with E-state index < -0.39 is 0 Å². The molecule has 0 N–H and O–H groups in total. The summed E-state index contributed by atoms with van der Waals surface area (Å²) < 4.78 is 22.0. The Morgan fingerprint density at radius 3 is 1.64 bits per heavy atom. The summed E-state index contributed by atoms with van der Waals surface area (Å²) in [5.74, 6) is -0.246. The van der Waals surface area contributed by atoms with E-state index in [1.54, 1.807) is 6.07 Å². The number of benzene rings is 10. The molecular weight excluding hydrogens is 746 g/mol. The molecule has 61 heavy (non-hydrogen) atoms. The van der Waals surface area contributed by atoms with Crippen molar-refractivity contribution < 1.29 is 8.81 Å². The Kier molecular flexibility index (Phi) is 9.05. The zero-order chi connectivity index (χ0) is 40.7. The van der Waals surface area contributed by atoms with E-state index in [1.165, 1.54) is 28.3 Å². The van der Waals surface area contributed by atoms with Crippen molar-refractivity contribution in [3.8, 4) is 55.6 Å². The van der Waals surface area contributed by atoms with Crippen LogP contribution in [0.25, 0.3) is 88.3 Å². The fourth-order valence-corrected chi connectivity index (χ4v) is 8.97. The molecule has 288 valence electrons. The topological polar surface area (TPSA) is 16.4 Å². The van der Waals surface area contributed by atoms with E-state index >= 15 is 4.39 Å². The number of rotatable bonds is 8. The molecule has 1 aromatic heterocycles. The summed E-state index contributed by atoms with van der Waals surface area (Å²) in [5, 5.41) is 4.12. The van der Waals surface area contributed by atoms with Gasteiger partial charge in [-0.3, -0.25) is 0 Å². The SMILES string of the molecule is Fc1ccccc1-c1cccc2cccc(-c3ccccc3N(c3ccc(-c4ccc(-c5ccccc5)c(-c5ccccc5)c4)cc3)c3cccc4oc5ccccc5c34)c12. The van der Waals surface area contributed by atoms with Crippen molar-refractivity contribution in [2.75, 3.05) is 4.90 Å². The molecule has 0 spiro atoms. The second kappa shape index (κ2) is 15.3. The van der Waals surface area contributed by atoms with Crippen LogP contribution in [0.2, 0.25) is 0 Å². The third kappa shape index (κ3) is 6.44. The minimum absolute atomic E-state index is 0.246. The number of fused-ring (bicyclic) bond motifs is 4. The van der Waals surface area contributed by atoms with Crippen LogP contribution in [0.4, 0.5) is 21.5 Å². The first kappa shape index (κ1) is 36.1. The fraction of sp³-hybridized carbons (Fsp3) is 0. The summed E-state index contributed by atoms with van der Waals surface area (Å²) in [5.41, 5.74) is 15.1. The van der Waals surface area contributed by atoms with Gasteiger partial charge < -0.3 is 9.32 Å². The zero-order valence-corrected chi connectivity index (χ0v) is 33.2. The molecular formula is C58H38FNO. The maximum Gasteiger partial charge on any atom is 0.137 e. The van der Waals surface area contributed by atoms with Crippen molar-refractivity contribution in [3.63, 3.8) is 0 Å². The van der Waals surface area contributed by atoms with E-state index in [0.29, 0.717) is 5.56 Å². The number of hydrogen-bond acceptors (Lipinski definition) is 2. The van der Waals surface area contributed by atoms with Gasteiger partial charge in [0.2, 0.25) is 0 Å². The van der Waals surface area contributed by atoms with Crippen molar-refractivity contribution in [2.45, 2.75) is 0 Å². The van der Waals surface area contributed by atoms with Crippen LogP contribution in [0.3, 0.4) is 0 Å². The molecule has 0 aliphatic heterocycles. The van der Waals surface area contributed by atoms with Gasteiger partial charge in [0.25, 0.3) is 0 Å². The molecule has 0 radical (unpaired) electrons. The van der Waals surface area contributed by atoms with Gasteiger partial charge in [0.1, 0.15) is 17.0 Å². The normalized spacial score (nSPS) is 11.4. The third-order valence-corrected chi connectivity index (χ3v) is 11.8. The number of anilines is 3. The lowest BCUT2D eigenvalue weighted by Gasteiger charge is -2.29. The minimum Gasteiger partial charge on any atom is -0.456 e. The lowest BCUT2D eigenvalue weighted by molar-refractivity contribution is 0.631. The van der Waals surface area contributed by atoms with Crippen LogP contribution in [0.1, 0.15) is 0 Å². The molecule has 10 aromatic carbocycles. The van der Waals surface area contributed by atoms with E-state index in [-0.39, 0.29) is 5.82 Å². The Labute approximate surface area is 354 Å². The Hall–Kier alpha value is -8.01. The largest absolute Gasteiger partial charge is 0.456 e. The summed E-state index contributed by atoms with van der Waals surface area (Å²) in [7, 11) is 0. The number of hydrogen-bond donors (Lipinski definition) is 0. The molecule has 0 saturated heterocycles. The lowest BCUT2D eigenvalue weighted by atomic mass is 9.90. The average molecular weight is 784 g/mol. The van der Waals surface area contributed by atoms with Crippen LogP contribution in [-0.4, -0.2) is 0 Å². The molecule has 0 unspecified atom stereocenters. The highest BCUT2D eigenvalue weighted by molar-refractivity contribution is 6.15.